The van der Waals surface area contributed by atoms with Crippen molar-refractivity contribution in [2.75, 3.05) is 13.2 Å². The van der Waals surface area contributed by atoms with Gasteiger partial charge in [-0.3, -0.25) is 4.79 Å². The molecule has 3 N–H and O–H groups in total. The summed E-state index contributed by atoms with van der Waals surface area (Å²) in [4.78, 5) is 12.0. The van der Waals surface area contributed by atoms with Crippen LogP contribution < -0.4 is 11.1 Å². The molecule has 1 fully saturated rings. The van der Waals surface area contributed by atoms with Gasteiger partial charge in [-0.25, -0.2) is 0 Å². The molecule has 2 atom stereocenters. The van der Waals surface area contributed by atoms with Crippen molar-refractivity contribution < 1.29 is 9.53 Å². The first-order valence-electron chi connectivity index (χ1n) is 6.46. The molecular weight excluding hydrogens is 216 g/mol. The molecule has 0 aromatic rings. The Balaban J connectivity index is 2.44. The third kappa shape index (κ3) is 4.28. The molecule has 4 heteroatoms. The van der Waals surface area contributed by atoms with E-state index in [9.17, 15) is 4.79 Å². The van der Waals surface area contributed by atoms with Gasteiger partial charge in [-0.05, 0) is 31.1 Å². The Morgan fingerprint density at radius 3 is 2.35 bits per heavy atom. The maximum atomic E-state index is 12.0. The third-order valence-corrected chi connectivity index (χ3v) is 3.56. The highest BCUT2D eigenvalue weighted by Crippen LogP contribution is 2.20. The molecule has 1 rings (SSSR count). The molecule has 1 unspecified atom stereocenters. The second-order valence-corrected chi connectivity index (χ2v) is 6.09. The molecule has 100 valence electrons. The number of nitrogens with one attached hydrogen (secondary N) is 1. The molecule has 1 aliphatic rings. The van der Waals surface area contributed by atoms with Crippen LogP contribution in [0.1, 0.15) is 40.5 Å². The molecule has 1 heterocycles. The Morgan fingerprint density at radius 2 is 1.88 bits per heavy atom. The number of rotatable bonds is 3. The van der Waals surface area contributed by atoms with Crippen LogP contribution in [-0.2, 0) is 9.53 Å². The van der Waals surface area contributed by atoms with Gasteiger partial charge in [-0.1, -0.05) is 20.8 Å². The van der Waals surface area contributed by atoms with Gasteiger partial charge in [0.1, 0.15) is 0 Å². The summed E-state index contributed by atoms with van der Waals surface area (Å²) in [6.07, 6.45) is 2.04. The minimum atomic E-state index is -0.454. The summed E-state index contributed by atoms with van der Waals surface area (Å²) in [7, 11) is 0. The fourth-order valence-electron chi connectivity index (χ4n) is 2.04. The van der Waals surface area contributed by atoms with Crippen molar-refractivity contribution in [3.63, 3.8) is 0 Å². The van der Waals surface area contributed by atoms with E-state index in [1.807, 2.05) is 20.8 Å². The van der Waals surface area contributed by atoms with Crippen LogP contribution in [0.2, 0.25) is 0 Å². The van der Waals surface area contributed by atoms with E-state index in [0.29, 0.717) is 5.92 Å². The van der Waals surface area contributed by atoms with Crippen molar-refractivity contribution in [1.82, 2.24) is 5.32 Å². The normalized spacial score (nSPS) is 21.9. The molecule has 0 spiro atoms. The summed E-state index contributed by atoms with van der Waals surface area (Å²) >= 11 is 0. The smallest absolute Gasteiger partial charge is 0.237 e. The summed E-state index contributed by atoms with van der Waals surface area (Å²) in [5.74, 6) is 0.469. The van der Waals surface area contributed by atoms with Crippen molar-refractivity contribution in [3.05, 3.63) is 0 Å². The first kappa shape index (κ1) is 14.5. The number of carbonyl (C=O) groups excluding carboxylic acids is 1. The monoisotopic (exact) mass is 242 g/mol. The summed E-state index contributed by atoms with van der Waals surface area (Å²) in [5, 5.41) is 3.04. The van der Waals surface area contributed by atoms with Gasteiger partial charge >= 0.3 is 0 Å². The molecule has 0 saturated carbocycles. The molecule has 1 aliphatic heterocycles. The van der Waals surface area contributed by atoms with Crippen LogP contribution >= 0.6 is 0 Å². The zero-order valence-electron chi connectivity index (χ0n) is 11.5. The van der Waals surface area contributed by atoms with Gasteiger partial charge in [-0.15, -0.1) is 0 Å². The molecule has 1 saturated heterocycles. The van der Waals surface area contributed by atoms with Crippen molar-refractivity contribution in [1.29, 1.82) is 0 Å². The molecule has 0 aromatic heterocycles. The van der Waals surface area contributed by atoms with E-state index in [-0.39, 0.29) is 17.4 Å². The summed E-state index contributed by atoms with van der Waals surface area (Å²) in [6, 6.07) is -0.274. The van der Waals surface area contributed by atoms with Crippen molar-refractivity contribution in [2.24, 2.45) is 17.1 Å². The molecule has 0 aromatic carbocycles. The first-order valence-corrected chi connectivity index (χ1v) is 6.46. The molecule has 0 bridgehead atoms. The van der Waals surface area contributed by atoms with Crippen molar-refractivity contribution in [2.45, 2.75) is 52.6 Å². The predicted octanol–water partition coefficient (Wildman–Crippen LogP) is 1.29. The number of carbonyl (C=O) groups is 1. The van der Waals surface area contributed by atoms with E-state index in [1.54, 1.807) is 0 Å². The maximum absolute atomic E-state index is 12.0. The maximum Gasteiger partial charge on any atom is 0.237 e. The summed E-state index contributed by atoms with van der Waals surface area (Å²) in [6.45, 7) is 9.61. The Kier molecular flexibility index (Phi) is 4.95. The fourth-order valence-corrected chi connectivity index (χ4v) is 2.04. The highest BCUT2D eigenvalue weighted by molar-refractivity contribution is 5.82. The molecular formula is C13H26N2O2. The van der Waals surface area contributed by atoms with E-state index in [4.69, 9.17) is 10.5 Å². The lowest BCUT2D eigenvalue weighted by atomic mass is 9.86. The average molecular weight is 242 g/mol. The molecule has 0 radical (unpaired) electrons. The lowest BCUT2D eigenvalue weighted by Gasteiger charge is -2.31. The molecule has 1 amide bonds. The van der Waals surface area contributed by atoms with Gasteiger partial charge in [0.2, 0.25) is 5.91 Å². The Labute approximate surface area is 104 Å². The highest BCUT2D eigenvalue weighted by atomic mass is 16.5. The second kappa shape index (κ2) is 5.83. The minimum Gasteiger partial charge on any atom is -0.381 e. The van der Waals surface area contributed by atoms with Gasteiger partial charge in [0.05, 0.1) is 6.04 Å². The summed E-state index contributed by atoms with van der Waals surface area (Å²) in [5.41, 5.74) is 5.74. The van der Waals surface area contributed by atoms with Gasteiger partial charge in [0.25, 0.3) is 0 Å². The Bertz CT molecular complexity index is 255. The first-order chi connectivity index (χ1) is 7.82. The van der Waals surface area contributed by atoms with Crippen LogP contribution in [0.3, 0.4) is 0 Å². The average Bonchev–Trinajstić information content (AvgIpc) is 2.27. The lowest BCUT2D eigenvalue weighted by molar-refractivity contribution is -0.125. The molecule has 4 nitrogen and oxygen atoms in total. The fraction of sp³-hybridized carbons (Fsp3) is 0.923. The third-order valence-electron chi connectivity index (χ3n) is 3.56. The Morgan fingerprint density at radius 1 is 1.35 bits per heavy atom. The quantitative estimate of drug-likeness (QED) is 0.784. The zero-order chi connectivity index (χ0) is 13.1. The van der Waals surface area contributed by atoms with Crippen molar-refractivity contribution >= 4 is 5.91 Å². The van der Waals surface area contributed by atoms with Gasteiger partial charge in [0.15, 0.2) is 0 Å². The van der Waals surface area contributed by atoms with Crippen LogP contribution in [0.5, 0.6) is 0 Å². The second-order valence-electron chi connectivity index (χ2n) is 6.09. The number of hydrogen-bond donors (Lipinski definition) is 2. The van der Waals surface area contributed by atoms with Crippen LogP contribution in [-0.4, -0.2) is 31.2 Å². The van der Waals surface area contributed by atoms with Gasteiger partial charge in [-0.2, -0.15) is 0 Å². The number of nitrogens with two attached hydrogens (primary N) is 1. The Hall–Kier alpha value is -0.610. The van der Waals surface area contributed by atoms with Crippen LogP contribution in [0.4, 0.5) is 0 Å². The number of hydrogen-bond acceptors (Lipinski definition) is 3. The van der Waals surface area contributed by atoms with E-state index in [2.05, 4.69) is 12.2 Å². The van der Waals surface area contributed by atoms with E-state index in [0.717, 1.165) is 26.1 Å². The topological polar surface area (TPSA) is 64.4 Å². The minimum absolute atomic E-state index is 0.0449. The van der Waals surface area contributed by atoms with Crippen molar-refractivity contribution in [3.8, 4) is 0 Å². The standard InChI is InChI=1S/C13H26N2O2/c1-9(10-5-7-17-8-6-10)15-12(16)11(14)13(2,3)4/h9-11H,5-8,14H2,1-4H3,(H,15,16)/t9?,11-/m1/s1. The predicted molar refractivity (Wildman–Crippen MR) is 68.6 cm³/mol. The van der Waals surface area contributed by atoms with E-state index in [1.165, 1.54) is 0 Å². The number of ether oxygens (including phenoxy) is 1. The van der Waals surface area contributed by atoms with Gasteiger partial charge < -0.3 is 15.8 Å². The van der Waals surface area contributed by atoms with E-state index >= 15 is 0 Å². The lowest BCUT2D eigenvalue weighted by Crippen LogP contribution is -2.52. The largest absolute Gasteiger partial charge is 0.381 e. The number of amides is 1. The van der Waals surface area contributed by atoms with Crippen LogP contribution in [0.25, 0.3) is 0 Å². The highest BCUT2D eigenvalue weighted by Gasteiger charge is 2.30. The molecule has 17 heavy (non-hydrogen) atoms. The van der Waals surface area contributed by atoms with Crippen LogP contribution in [0.15, 0.2) is 0 Å². The molecule has 0 aliphatic carbocycles. The summed E-state index contributed by atoms with van der Waals surface area (Å²) < 4.78 is 5.32. The van der Waals surface area contributed by atoms with Crippen LogP contribution in [0, 0.1) is 11.3 Å². The van der Waals surface area contributed by atoms with Gasteiger partial charge in [0, 0.05) is 19.3 Å². The van der Waals surface area contributed by atoms with E-state index < -0.39 is 6.04 Å². The zero-order valence-corrected chi connectivity index (χ0v) is 11.5. The SMILES string of the molecule is CC(NC(=O)[C@@H](N)C(C)(C)C)C1CCOCC1.